The molecule has 1 fully saturated rings. The zero-order chi connectivity index (χ0) is 8.27. The van der Waals surface area contributed by atoms with Gasteiger partial charge in [-0.2, -0.15) is 0 Å². The van der Waals surface area contributed by atoms with E-state index in [2.05, 4.69) is 4.74 Å². The molecule has 5 heteroatoms. The quantitative estimate of drug-likeness (QED) is 0.400. The van der Waals surface area contributed by atoms with Crippen molar-refractivity contribution < 1.29 is 19.1 Å². The molecule has 2 amide bonds. The molecule has 0 aliphatic carbocycles. The number of likely N-dealkylation sites (tertiary alicyclic amines) is 1. The van der Waals surface area contributed by atoms with Gasteiger partial charge in [-0.1, -0.05) is 0 Å². The number of hydrogen-bond donors (Lipinski definition) is 0. The van der Waals surface area contributed by atoms with Crippen molar-refractivity contribution in [2.24, 2.45) is 0 Å². The predicted molar refractivity (Wildman–Crippen MR) is 33.1 cm³/mol. The van der Waals surface area contributed by atoms with Gasteiger partial charge in [0.05, 0.1) is 0 Å². The minimum absolute atomic E-state index is 0.207. The Morgan fingerprint density at radius 3 is 2.36 bits per heavy atom. The number of ether oxygens (including phenoxy) is 1. The van der Waals surface area contributed by atoms with Gasteiger partial charge in [0.25, 0.3) is 6.47 Å². The van der Waals surface area contributed by atoms with Gasteiger partial charge in [0.15, 0.2) is 6.73 Å². The number of carbonyl (C=O) groups is 3. The topological polar surface area (TPSA) is 63.7 Å². The highest BCUT2D eigenvalue weighted by atomic mass is 16.5. The molecule has 1 heterocycles. The molecule has 0 aromatic heterocycles. The summed E-state index contributed by atoms with van der Waals surface area (Å²) in [6, 6.07) is 0. The van der Waals surface area contributed by atoms with Crippen LogP contribution in [0.3, 0.4) is 0 Å². The largest absolute Gasteiger partial charge is 0.446 e. The normalized spacial score (nSPS) is 17.3. The average Bonchev–Trinajstić information content (AvgIpc) is 2.29. The van der Waals surface area contributed by atoms with Gasteiger partial charge in [0.1, 0.15) is 0 Å². The van der Waals surface area contributed by atoms with Gasteiger partial charge in [-0.25, -0.2) is 4.90 Å². The Kier molecular flexibility index (Phi) is 2.20. The Morgan fingerprint density at radius 1 is 1.36 bits per heavy atom. The monoisotopic (exact) mass is 157 g/mol. The summed E-state index contributed by atoms with van der Waals surface area (Å²) in [6.45, 7) is -0.0416. The zero-order valence-electron chi connectivity index (χ0n) is 5.78. The first-order valence-corrected chi connectivity index (χ1v) is 3.14. The first kappa shape index (κ1) is 7.71. The summed E-state index contributed by atoms with van der Waals surface area (Å²) in [7, 11) is 0. The van der Waals surface area contributed by atoms with Crippen molar-refractivity contribution >= 4 is 18.3 Å². The molecule has 0 unspecified atom stereocenters. The minimum atomic E-state index is -0.281. The predicted octanol–water partition coefficient (Wildman–Crippen LogP) is -0.734. The summed E-state index contributed by atoms with van der Waals surface area (Å²) in [5, 5.41) is 0. The molecule has 0 N–H and O–H groups in total. The van der Waals surface area contributed by atoms with Crippen LogP contribution in [0.25, 0.3) is 0 Å². The van der Waals surface area contributed by atoms with E-state index in [1.807, 2.05) is 0 Å². The van der Waals surface area contributed by atoms with Gasteiger partial charge in [-0.05, 0) is 0 Å². The lowest BCUT2D eigenvalue weighted by Crippen LogP contribution is -2.31. The van der Waals surface area contributed by atoms with Crippen LogP contribution in [0.1, 0.15) is 12.8 Å². The molecule has 0 saturated carbocycles. The number of rotatable bonds is 3. The highest BCUT2D eigenvalue weighted by Gasteiger charge is 2.28. The van der Waals surface area contributed by atoms with E-state index in [4.69, 9.17) is 0 Å². The molecular formula is C6H7NO4. The van der Waals surface area contributed by atoms with E-state index in [9.17, 15) is 14.4 Å². The van der Waals surface area contributed by atoms with Gasteiger partial charge >= 0.3 is 0 Å². The highest BCUT2D eigenvalue weighted by molar-refractivity contribution is 6.01. The molecule has 1 aliphatic rings. The number of imide groups is 1. The van der Waals surface area contributed by atoms with E-state index in [-0.39, 0.29) is 37.9 Å². The van der Waals surface area contributed by atoms with Crippen molar-refractivity contribution in [2.45, 2.75) is 12.8 Å². The van der Waals surface area contributed by atoms with E-state index in [0.29, 0.717) is 0 Å². The van der Waals surface area contributed by atoms with Crippen LogP contribution >= 0.6 is 0 Å². The van der Waals surface area contributed by atoms with Crippen LogP contribution in [-0.4, -0.2) is 29.9 Å². The fourth-order valence-electron chi connectivity index (χ4n) is 0.872. The van der Waals surface area contributed by atoms with E-state index >= 15 is 0 Å². The van der Waals surface area contributed by atoms with Crippen molar-refractivity contribution in [2.75, 3.05) is 6.73 Å². The third-order valence-corrected chi connectivity index (χ3v) is 1.43. The molecule has 5 nitrogen and oxygen atoms in total. The van der Waals surface area contributed by atoms with Crippen molar-refractivity contribution in [3.05, 3.63) is 0 Å². The van der Waals surface area contributed by atoms with E-state index in [1.165, 1.54) is 0 Å². The Morgan fingerprint density at radius 2 is 1.91 bits per heavy atom. The maximum Gasteiger partial charge on any atom is 0.294 e. The van der Waals surface area contributed by atoms with E-state index in [0.717, 1.165) is 4.90 Å². The van der Waals surface area contributed by atoms with Crippen LogP contribution in [0.2, 0.25) is 0 Å². The number of hydrogen-bond acceptors (Lipinski definition) is 4. The minimum Gasteiger partial charge on any atom is -0.446 e. The summed E-state index contributed by atoms with van der Waals surface area (Å²) in [6.07, 6.45) is 0.447. The molecule has 1 aliphatic heterocycles. The van der Waals surface area contributed by atoms with Crippen molar-refractivity contribution in [1.82, 2.24) is 4.90 Å². The van der Waals surface area contributed by atoms with Crippen molar-refractivity contribution in [3.8, 4) is 0 Å². The molecular weight excluding hydrogens is 150 g/mol. The first-order chi connectivity index (χ1) is 5.25. The van der Waals surface area contributed by atoms with Gasteiger partial charge in [-0.3, -0.25) is 14.4 Å². The molecule has 0 atom stereocenters. The van der Waals surface area contributed by atoms with Gasteiger partial charge in [0, 0.05) is 12.8 Å². The lowest BCUT2D eigenvalue weighted by atomic mass is 10.4. The molecule has 1 saturated heterocycles. The van der Waals surface area contributed by atoms with Crippen molar-refractivity contribution in [3.63, 3.8) is 0 Å². The van der Waals surface area contributed by atoms with Crippen LogP contribution in [0.5, 0.6) is 0 Å². The second kappa shape index (κ2) is 3.14. The van der Waals surface area contributed by atoms with Crippen molar-refractivity contribution in [1.29, 1.82) is 0 Å². The smallest absolute Gasteiger partial charge is 0.294 e. The van der Waals surface area contributed by atoms with E-state index in [1.54, 1.807) is 0 Å². The maximum atomic E-state index is 10.8. The highest BCUT2D eigenvalue weighted by Crippen LogP contribution is 2.10. The standard InChI is InChI=1S/C6H7NO4/c8-4-11-3-7-5(9)1-2-6(7)10/h4H,1-3H2. The van der Waals surface area contributed by atoms with Gasteiger partial charge in [-0.15, -0.1) is 0 Å². The first-order valence-electron chi connectivity index (χ1n) is 3.14. The Balaban J connectivity index is 2.47. The van der Waals surface area contributed by atoms with Crippen LogP contribution in [0.4, 0.5) is 0 Å². The molecule has 0 spiro atoms. The van der Waals surface area contributed by atoms with Crippen LogP contribution in [0, 0.1) is 0 Å². The summed E-state index contributed by atoms with van der Waals surface area (Å²) in [5.41, 5.74) is 0. The third-order valence-electron chi connectivity index (χ3n) is 1.43. The summed E-state index contributed by atoms with van der Waals surface area (Å²) >= 11 is 0. The van der Waals surface area contributed by atoms with Crippen LogP contribution in [0.15, 0.2) is 0 Å². The fraction of sp³-hybridized carbons (Fsp3) is 0.500. The molecule has 11 heavy (non-hydrogen) atoms. The zero-order valence-corrected chi connectivity index (χ0v) is 5.78. The number of amides is 2. The lowest BCUT2D eigenvalue weighted by molar-refractivity contribution is -0.148. The Bertz CT molecular complexity index is 185. The summed E-state index contributed by atoms with van der Waals surface area (Å²) < 4.78 is 4.26. The van der Waals surface area contributed by atoms with Crippen LogP contribution in [-0.2, 0) is 19.1 Å². The molecule has 0 aromatic rings. The average molecular weight is 157 g/mol. The Labute approximate surface area is 62.9 Å². The molecule has 0 radical (unpaired) electrons. The van der Waals surface area contributed by atoms with Gasteiger partial charge < -0.3 is 4.74 Å². The Hall–Kier alpha value is -1.39. The molecule has 0 aromatic carbocycles. The second-order valence-corrected chi connectivity index (χ2v) is 2.11. The second-order valence-electron chi connectivity index (χ2n) is 2.11. The lowest BCUT2D eigenvalue weighted by Gasteiger charge is -2.10. The molecule has 60 valence electrons. The van der Waals surface area contributed by atoms with Gasteiger partial charge in [0.2, 0.25) is 11.8 Å². The third kappa shape index (κ3) is 1.54. The maximum absolute atomic E-state index is 10.8. The number of nitrogens with zero attached hydrogens (tertiary/aromatic N) is 1. The SMILES string of the molecule is O=COCN1C(=O)CCC1=O. The molecule has 1 rings (SSSR count). The summed E-state index contributed by atoms with van der Waals surface area (Å²) in [5.74, 6) is -0.561. The number of carbonyl (C=O) groups excluding carboxylic acids is 3. The van der Waals surface area contributed by atoms with Crippen LogP contribution < -0.4 is 0 Å². The fourth-order valence-corrected chi connectivity index (χ4v) is 0.872. The van der Waals surface area contributed by atoms with E-state index < -0.39 is 0 Å². The molecule has 0 bridgehead atoms. The summed E-state index contributed by atoms with van der Waals surface area (Å²) in [4.78, 5) is 32.2.